The molecular formula is C22H21FN2O5S2. The molecule has 1 aliphatic heterocycles. The Morgan fingerprint density at radius 3 is 2.31 bits per heavy atom. The van der Waals surface area contributed by atoms with Gasteiger partial charge in [0.2, 0.25) is 0 Å². The van der Waals surface area contributed by atoms with Gasteiger partial charge in [-0.3, -0.25) is 19.3 Å². The molecule has 1 saturated heterocycles. The Balaban J connectivity index is 1.58. The van der Waals surface area contributed by atoms with E-state index in [1.54, 1.807) is 13.8 Å². The van der Waals surface area contributed by atoms with Crippen LogP contribution in [0.4, 0.5) is 9.18 Å². The number of nitrogens with zero attached hydrogens (tertiary/aromatic N) is 1. The van der Waals surface area contributed by atoms with Gasteiger partial charge in [-0.15, -0.1) is 0 Å². The fraction of sp³-hybridized carbons (Fsp3) is 0.227. The van der Waals surface area contributed by atoms with Crippen LogP contribution in [-0.4, -0.2) is 48.7 Å². The van der Waals surface area contributed by atoms with E-state index in [0.717, 1.165) is 16.7 Å². The van der Waals surface area contributed by atoms with Crippen LogP contribution in [0.2, 0.25) is 0 Å². The summed E-state index contributed by atoms with van der Waals surface area (Å²) in [5, 5.41) is 1.58. The highest BCUT2D eigenvalue weighted by Crippen LogP contribution is 2.31. The first-order chi connectivity index (χ1) is 15.1. The number of sulfone groups is 1. The van der Waals surface area contributed by atoms with Crippen molar-refractivity contribution in [1.29, 1.82) is 0 Å². The normalized spacial score (nSPS) is 15.6. The number of carbonyl (C=O) groups excluding carboxylic acids is 3. The first-order valence-corrected chi connectivity index (χ1v) is 12.1. The average molecular weight is 477 g/mol. The molecule has 0 unspecified atom stereocenters. The number of halogens is 1. The van der Waals surface area contributed by atoms with Gasteiger partial charge < -0.3 is 5.32 Å². The highest BCUT2D eigenvalue weighted by Gasteiger charge is 2.34. The molecule has 7 nitrogen and oxygen atoms in total. The van der Waals surface area contributed by atoms with E-state index in [-0.39, 0.29) is 28.5 Å². The molecule has 2 aromatic carbocycles. The highest BCUT2D eigenvalue weighted by molar-refractivity contribution is 8.18. The zero-order valence-corrected chi connectivity index (χ0v) is 19.0. The van der Waals surface area contributed by atoms with Crippen molar-refractivity contribution >= 4 is 44.7 Å². The summed E-state index contributed by atoms with van der Waals surface area (Å²) in [5.74, 6) is -1.34. The molecule has 1 N–H and O–H groups in total. The molecule has 10 heteroatoms. The Morgan fingerprint density at radius 1 is 1.09 bits per heavy atom. The van der Waals surface area contributed by atoms with Gasteiger partial charge in [-0.05, 0) is 73.6 Å². The van der Waals surface area contributed by atoms with E-state index in [4.69, 9.17) is 0 Å². The second kappa shape index (κ2) is 9.66. The number of thioether (sulfide) groups is 1. The van der Waals surface area contributed by atoms with Crippen LogP contribution in [0.1, 0.15) is 29.8 Å². The lowest BCUT2D eigenvalue weighted by molar-refractivity contribution is -0.122. The van der Waals surface area contributed by atoms with Crippen molar-refractivity contribution < 1.29 is 27.2 Å². The molecule has 0 radical (unpaired) electrons. The van der Waals surface area contributed by atoms with E-state index in [9.17, 15) is 27.2 Å². The predicted molar refractivity (Wildman–Crippen MR) is 120 cm³/mol. The molecule has 1 fully saturated rings. The van der Waals surface area contributed by atoms with Crippen LogP contribution in [0.3, 0.4) is 0 Å². The van der Waals surface area contributed by atoms with E-state index in [1.807, 2.05) is 0 Å². The van der Waals surface area contributed by atoms with Crippen molar-refractivity contribution in [2.24, 2.45) is 0 Å². The fourth-order valence-corrected chi connectivity index (χ4v) is 4.78. The molecule has 0 bridgehead atoms. The summed E-state index contributed by atoms with van der Waals surface area (Å²) < 4.78 is 37.3. The van der Waals surface area contributed by atoms with Crippen LogP contribution >= 0.6 is 11.8 Å². The lowest BCUT2D eigenvalue weighted by atomic mass is 10.2. The lowest BCUT2D eigenvalue weighted by Crippen LogP contribution is -2.37. The van der Waals surface area contributed by atoms with E-state index in [0.29, 0.717) is 5.56 Å². The monoisotopic (exact) mass is 476 g/mol. The quantitative estimate of drug-likeness (QED) is 0.614. The first-order valence-electron chi connectivity index (χ1n) is 9.72. The van der Waals surface area contributed by atoms with Gasteiger partial charge in [0, 0.05) is 18.7 Å². The van der Waals surface area contributed by atoms with Crippen molar-refractivity contribution in [3.05, 3.63) is 70.4 Å². The zero-order chi connectivity index (χ0) is 23.5. The van der Waals surface area contributed by atoms with Crippen LogP contribution in [0.5, 0.6) is 0 Å². The van der Waals surface area contributed by atoms with Gasteiger partial charge in [-0.1, -0.05) is 12.1 Å². The van der Waals surface area contributed by atoms with Gasteiger partial charge in [0.15, 0.2) is 9.84 Å². The van der Waals surface area contributed by atoms with Gasteiger partial charge in [0.05, 0.1) is 15.1 Å². The highest BCUT2D eigenvalue weighted by atomic mass is 32.2. The Hall–Kier alpha value is -2.98. The molecule has 0 atom stereocenters. The Kier molecular flexibility index (Phi) is 7.15. The molecule has 1 heterocycles. The van der Waals surface area contributed by atoms with Crippen LogP contribution in [0.15, 0.2) is 58.3 Å². The van der Waals surface area contributed by atoms with Crippen molar-refractivity contribution in [2.45, 2.75) is 24.0 Å². The van der Waals surface area contributed by atoms with Crippen LogP contribution in [-0.2, 0) is 14.6 Å². The number of benzene rings is 2. The first kappa shape index (κ1) is 23.7. The average Bonchev–Trinajstić information content (AvgIpc) is 3.02. The van der Waals surface area contributed by atoms with Crippen molar-refractivity contribution in [3.8, 4) is 0 Å². The molecule has 0 spiro atoms. The Labute approximate surface area is 189 Å². The van der Waals surface area contributed by atoms with Gasteiger partial charge in [-0.25, -0.2) is 12.8 Å². The third-order valence-corrected chi connectivity index (χ3v) is 7.81. The molecule has 2 aromatic rings. The maximum atomic E-state index is 13.0. The molecule has 0 saturated carbocycles. The smallest absolute Gasteiger partial charge is 0.293 e. The van der Waals surface area contributed by atoms with Crippen molar-refractivity contribution in [2.75, 3.05) is 13.1 Å². The minimum atomic E-state index is -3.43. The Bertz CT molecular complexity index is 1170. The van der Waals surface area contributed by atoms with Gasteiger partial charge in [-0.2, -0.15) is 0 Å². The second-order valence-electron chi connectivity index (χ2n) is 7.26. The number of hydrogen-bond donors (Lipinski definition) is 1. The molecule has 0 aliphatic carbocycles. The third-order valence-electron chi connectivity index (χ3n) is 4.73. The maximum absolute atomic E-state index is 13.0. The SMILES string of the molecule is CC(C)S(=O)(=O)c1ccc(C(=O)NCCN2C(=O)S/C(=C/c3ccc(F)cc3)C2=O)cc1. The Morgan fingerprint density at radius 2 is 1.72 bits per heavy atom. The van der Waals surface area contributed by atoms with E-state index >= 15 is 0 Å². The van der Waals surface area contributed by atoms with E-state index in [1.165, 1.54) is 54.6 Å². The molecule has 1 aliphatic rings. The summed E-state index contributed by atoms with van der Waals surface area (Å²) in [7, 11) is -3.43. The minimum Gasteiger partial charge on any atom is -0.350 e. The van der Waals surface area contributed by atoms with Gasteiger partial charge in [0.25, 0.3) is 17.1 Å². The van der Waals surface area contributed by atoms with Crippen LogP contribution in [0.25, 0.3) is 6.08 Å². The maximum Gasteiger partial charge on any atom is 0.293 e. The van der Waals surface area contributed by atoms with Gasteiger partial charge >= 0.3 is 0 Å². The molecular weight excluding hydrogens is 455 g/mol. The fourth-order valence-electron chi connectivity index (χ4n) is 2.85. The summed E-state index contributed by atoms with van der Waals surface area (Å²) in [5.41, 5.74) is 0.853. The molecule has 3 rings (SSSR count). The number of carbonyl (C=O) groups is 3. The number of amides is 3. The summed E-state index contributed by atoms with van der Waals surface area (Å²) in [6.07, 6.45) is 1.51. The summed E-state index contributed by atoms with van der Waals surface area (Å²) >= 11 is 0.777. The van der Waals surface area contributed by atoms with Crippen molar-refractivity contribution in [1.82, 2.24) is 10.2 Å². The minimum absolute atomic E-state index is 0.0169. The topological polar surface area (TPSA) is 101 Å². The molecule has 168 valence electrons. The van der Waals surface area contributed by atoms with Crippen molar-refractivity contribution in [3.63, 3.8) is 0 Å². The molecule has 0 aromatic heterocycles. The van der Waals surface area contributed by atoms with E-state index < -0.39 is 38.0 Å². The van der Waals surface area contributed by atoms with Crippen LogP contribution < -0.4 is 5.32 Å². The predicted octanol–water partition coefficient (Wildman–Crippen LogP) is 3.47. The number of hydrogen-bond acceptors (Lipinski definition) is 6. The van der Waals surface area contributed by atoms with Gasteiger partial charge in [0.1, 0.15) is 5.82 Å². The summed E-state index contributed by atoms with van der Waals surface area (Å²) in [6.45, 7) is 3.18. The summed E-state index contributed by atoms with van der Waals surface area (Å²) in [4.78, 5) is 38.4. The number of imide groups is 1. The number of nitrogens with one attached hydrogen (secondary N) is 1. The molecule has 32 heavy (non-hydrogen) atoms. The lowest BCUT2D eigenvalue weighted by Gasteiger charge is -2.13. The second-order valence-corrected chi connectivity index (χ2v) is 10.8. The largest absolute Gasteiger partial charge is 0.350 e. The van der Waals surface area contributed by atoms with E-state index in [2.05, 4.69) is 5.32 Å². The van der Waals surface area contributed by atoms with Crippen LogP contribution in [0, 0.1) is 5.82 Å². The number of rotatable bonds is 7. The standard InChI is InChI=1S/C22H21FN2O5S2/c1-14(2)32(29,30)18-9-5-16(6-10-18)20(26)24-11-12-25-21(27)19(31-22(25)28)13-15-3-7-17(23)8-4-15/h3-10,13-14H,11-12H2,1-2H3,(H,24,26)/b19-13+. The zero-order valence-electron chi connectivity index (χ0n) is 17.4. The third kappa shape index (κ3) is 5.25. The molecule has 3 amide bonds. The summed E-state index contributed by atoms with van der Waals surface area (Å²) in [6, 6.07) is 11.1.